The molecular weight excluding hydrogens is 301 g/mol. The molecule has 0 amide bonds. The Morgan fingerprint density at radius 3 is 2.57 bits per heavy atom. The van der Waals surface area contributed by atoms with E-state index in [1.54, 1.807) is 6.92 Å². The molecule has 0 heterocycles. The number of nitrogens with zero attached hydrogens (tertiary/aromatic N) is 1. The van der Waals surface area contributed by atoms with Gasteiger partial charge in [0.1, 0.15) is 0 Å². The van der Waals surface area contributed by atoms with E-state index in [0.717, 1.165) is 6.07 Å². The normalized spacial score (nSPS) is 9.86. The second-order valence-electron chi connectivity index (χ2n) is 2.68. The number of rotatable bonds is 2. The SMILES string of the molecule is Cc1cc(I)c(C(=O)O)cc1[N+](=O)[O-]. The van der Waals surface area contributed by atoms with Crippen LogP contribution in [0.3, 0.4) is 0 Å². The van der Waals surface area contributed by atoms with Crippen LogP contribution >= 0.6 is 22.6 Å². The van der Waals surface area contributed by atoms with E-state index < -0.39 is 10.9 Å². The van der Waals surface area contributed by atoms with Crippen LogP contribution in [0.2, 0.25) is 0 Å². The van der Waals surface area contributed by atoms with Crippen molar-refractivity contribution in [1.82, 2.24) is 0 Å². The Balaban J connectivity index is 3.42. The Morgan fingerprint density at radius 2 is 2.14 bits per heavy atom. The molecule has 0 aliphatic carbocycles. The number of carboxylic acid groups (broad SMARTS) is 1. The molecule has 0 radical (unpaired) electrons. The summed E-state index contributed by atoms with van der Waals surface area (Å²) in [6.45, 7) is 1.58. The zero-order valence-corrected chi connectivity index (χ0v) is 9.31. The second-order valence-corrected chi connectivity index (χ2v) is 3.84. The van der Waals surface area contributed by atoms with Crippen molar-refractivity contribution in [3.8, 4) is 0 Å². The molecule has 1 N–H and O–H groups in total. The van der Waals surface area contributed by atoms with Crippen LogP contribution in [-0.4, -0.2) is 16.0 Å². The highest BCUT2D eigenvalue weighted by molar-refractivity contribution is 14.1. The summed E-state index contributed by atoms with van der Waals surface area (Å²) < 4.78 is 0.498. The average molecular weight is 307 g/mol. The summed E-state index contributed by atoms with van der Waals surface area (Å²) in [6, 6.07) is 2.57. The van der Waals surface area contributed by atoms with Gasteiger partial charge in [-0.3, -0.25) is 10.1 Å². The highest BCUT2D eigenvalue weighted by atomic mass is 127. The molecule has 0 saturated heterocycles. The lowest BCUT2D eigenvalue weighted by atomic mass is 10.1. The van der Waals surface area contributed by atoms with Gasteiger partial charge in [0.05, 0.1) is 10.5 Å². The smallest absolute Gasteiger partial charge is 0.337 e. The molecule has 0 spiro atoms. The average Bonchev–Trinajstić information content (AvgIpc) is 2.02. The number of carboxylic acids is 1. The van der Waals surface area contributed by atoms with E-state index in [-0.39, 0.29) is 11.3 Å². The van der Waals surface area contributed by atoms with E-state index in [1.165, 1.54) is 6.07 Å². The summed E-state index contributed by atoms with van der Waals surface area (Å²) in [5.74, 6) is -1.16. The minimum atomic E-state index is -1.16. The molecule has 1 aromatic carbocycles. The molecule has 0 aliphatic heterocycles. The zero-order chi connectivity index (χ0) is 10.9. The van der Waals surface area contributed by atoms with Crippen LogP contribution in [-0.2, 0) is 0 Å². The Kier molecular flexibility index (Phi) is 3.04. The van der Waals surface area contributed by atoms with E-state index in [2.05, 4.69) is 0 Å². The van der Waals surface area contributed by atoms with Crippen molar-refractivity contribution in [3.05, 3.63) is 36.9 Å². The Morgan fingerprint density at radius 1 is 1.57 bits per heavy atom. The summed E-state index contributed by atoms with van der Waals surface area (Å²) in [4.78, 5) is 20.6. The predicted molar refractivity (Wildman–Crippen MR) is 57.5 cm³/mol. The monoisotopic (exact) mass is 307 g/mol. The lowest BCUT2D eigenvalue weighted by molar-refractivity contribution is -0.385. The fraction of sp³-hybridized carbons (Fsp3) is 0.125. The van der Waals surface area contributed by atoms with Gasteiger partial charge in [-0.2, -0.15) is 0 Å². The van der Waals surface area contributed by atoms with Crippen LogP contribution in [0.5, 0.6) is 0 Å². The van der Waals surface area contributed by atoms with Crippen molar-refractivity contribution in [2.75, 3.05) is 0 Å². The van der Waals surface area contributed by atoms with E-state index >= 15 is 0 Å². The molecule has 6 heteroatoms. The number of aromatic carboxylic acids is 1. The van der Waals surface area contributed by atoms with Crippen LogP contribution in [0.25, 0.3) is 0 Å². The molecule has 0 atom stereocenters. The molecule has 0 aromatic heterocycles. The lowest BCUT2D eigenvalue weighted by Gasteiger charge is -2.01. The van der Waals surface area contributed by atoms with Gasteiger partial charge >= 0.3 is 5.97 Å². The molecule has 0 bridgehead atoms. The zero-order valence-electron chi connectivity index (χ0n) is 7.15. The number of benzene rings is 1. The quantitative estimate of drug-likeness (QED) is 0.516. The maximum Gasteiger partial charge on any atom is 0.337 e. The van der Waals surface area contributed by atoms with Crippen molar-refractivity contribution in [1.29, 1.82) is 0 Å². The molecule has 5 nitrogen and oxygen atoms in total. The van der Waals surface area contributed by atoms with Gasteiger partial charge in [-0.1, -0.05) is 0 Å². The molecule has 1 aromatic rings. The van der Waals surface area contributed by atoms with Gasteiger partial charge in [0, 0.05) is 15.2 Å². The fourth-order valence-electron chi connectivity index (χ4n) is 1.02. The molecular formula is C8H6INO4. The molecule has 1 rings (SSSR count). The van der Waals surface area contributed by atoms with E-state index in [0.29, 0.717) is 9.13 Å². The van der Waals surface area contributed by atoms with Gasteiger partial charge < -0.3 is 5.11 Å². The van der Waals surface area contributed by atoms with Gasteiger partial charge in [0.2, 0.25) is 0 Å². The van der Waals surface area contributed by atoms with Crippen LogP contribution < -0.4 is 0 Å². The van der Waals surface area contributed by atoms with Gasteiger partial charge in [0.25, 0.3) is 5.69 Å². The van der Waals surface area contributed by atoms with Crippen molar-refractivity contribution in [2.24, 2.45) is 0 Å². The molecule has 74 valence electrons. The summed E-state index contributed by atoms with van der Waals surface area (Å²) in [6.07, 6.45) is 0. The van der Waals surface area contributed by atoms with Gasteiger partial charge in [-0.25, -0.2) is 4.79 Å². The van der Waals surface area contributed by atoms with E-state index in [4.69, 9.17) is 5.11 Å². The fourth-order valence-corrected chi connectivity index (χ4v) is 1.88. The second kappa shape index (κ2) is 3.91. The third-order valence-corrected chi connectivity index (χ3v) is 2.61. The van der Waals surface area contributed by atoms with Gasteiger partial charge in [-0.15, -0.1) is 0 Å². The first-order chi connectivity index (χ1) is 6.43. The number of carbonyl (C=O) groups is 1. The molecule has 0 unspecified atom stereocenters. The summed E-state index contributed by atoms with van der Waals surface area (Å²) in [7, 11) is 0. The maximum absolute atomic E-state index is 10.7. The predicted octanol–water partition coefficient (Wildman–Crippen LogP) is 2.21. The van der Waals surface area contributed by atoms with Gasteiger partial charge in [0.15, 0.2) is 0 Å². The Hall–Kier alpha value is -1.18. The standard InChI is InChI=1S/C8H6INO4/c1-4-2-6(9)5(8(11)12)3-7(4)10(13)14/h2-3H,1H3,(H,11,12). The first kappa shape index (κ1) is 10.9. The molecule has 0 fully saturated rings. The Labute approximate surface area is 93.0 Å². The number of hydrogen-bond acceptors (Lipinski definition) is 3. The largest absolute Gasteiger partial charge is 0.478 e. The minimum Gasteiger partial charge on any atom is -0.478 e. The lowest BCUT2D eigenvalue weighted by Crippen LogP contribution is -2.02. The van der Waals surface area contributed by atoms with E-state index in [1.807, 2.05) is 22.6 Å². The number of aryl methyl sites for hydroxylation is 1. The third kappa shape index (κ3) is 2.00. The molecule has 14 heavy (non-hydrogen) atoms. The van der Waals surface area contributed by atoms with Crippen molar-refractivity contribution in [2.45, 2.75) is 6.92 Å². The van der Waals surface area contributed by atoms with Crippen molar-refractivity contribution < 1.29 is 14.8 Å². The minimum absolute atomic E-state index is 0.0390. The van der Waals surface area contributed by atoms with Crippen molar-refractivity contribution in [3.63, 3.8) is 0 Å². The summed E-state index contributed by atoms with van der Waals surface area (Å²) in [5, 5.41) is 19.3. The third-order valence-electron chi connectivity index (χ3n) is 1.71. The first-order valence-corrected chi connectivity index (χ1v) is 4.69. The first-order valence-electron chi connectivity index (χ1n) is 3.61. The highest BCUT2D eigenvalue weighted by Gasteiger charge is 2.17. The van der Waals surface area contributed by atoms with Crippen LogP contribution in [0.15, 0.2) is 12.1 Å². The maximum atomic E-state index is 10.7. The molecule has 0 aliphatic rings. The highest BCUT2D eigenvalue weighted by Crippen LogP contribution is 2.24. The van der Waals surface area contributed by atoms with Crippen LogP contribution in [0, 0.1) is 20.6 Å². The van der Waals surface area contributed by atoms with E-state index in [9.17, 15) is 14.9 Å². The number of nitro benzene ring substituents is 1. The summed E-state index contributed by atoms with van der Waals surface area (Å²) >= 11 is 1.84. The molecule has 0 saturated carbocycles. The van der Waals surface area contributed by atoms with Crippen LogP contribution in [0.4, 0.5) is 5.69 Å². The van der Waals surface area contributed by atoms with Crippen LogP contribution in [0.1, 0.15) is 15.9 Å². The Bertz CT molecular complexity index is 381. The summed E-state index contributed by atoms with van der Waals surface area (Å²) in [5.41, 5.74) is 0.259. The van der Waals surface area contributed by atoms with Gasteiger partial charge in [-0.05, 0) is 35.6 Å². The number of nitro groups is 1. The topological polar surface area (TPSA) is 80.4 Å². The number of hydrogen-bond donors (Lipinski definition) is 1. The number of halogens is 1. The van der Waals surface area contributed by atoms with Crippen molar-refractivity contribution >= 4 is 34.2 Å².